The van der Waals surface area contributed by atoms with E-state index in [-0.39, 0.29) is 61.7 Å². The molecule has 4 aliphatic rings. The fourth-order valence-corrected chi connectivity index (χ4v) is 10.5. The van der Waals surface area contributed by atoms with Crippen molar-refractivity contribution >= 4 is 45.9 Å². The summed E-state index contributed by atoms with van der Waals surface area (Å²) in [6, 6.07) is 20.8. The highest BCUT2D eigenvalue weighted by Crippen LogP contribution is 2.67. The SMILES string of the molecule is C[C@]12C=CC(=O)C=C1CC[C@@H]1[C@@H]2[C@@H](O)C[C@@]2(C)[C@H]1CC[C@]2(O)C(=O)COC(=O)CCC(=O)OCc1ccc(C(CCN)C(=O)Nc2ccc3ccccc3c2)cc1. The maximum absolute atomic E-state index is 13.6. The third-order valence-corrected chi connectivity index (χ3v) is 13.6. The van der Waals surface area contributed by atoms with Gasteiger partial charge in [-0.1, -0.05) is 80.1 Å². The zero-order chi connectivity index (χ0) is 40.5. The minimum Gasteiger partial charge on any atom is -0.461 e. The highest BCUT2D eigenvalue weighted by molar-refractivity contribution is 6.01. The molecule has 0 bridgehead atoms. The van der Waals surface area contributed by atoms with E-state index in [2.05, 4.69) is 12.2 Å². The van der Waals surface area contributed by atoms with Gasteiger partial charge in [-0.25, -0.2) is 0 Å². The lowest BCUT2D eigenvalue weighted by atomic mass is 9.46. The molecule has 3 aromatic rings. The lowest BCUT2D eigenvalue weighted by Crippen LogP contribution is -2.61. The van der Waals surface area contributed by atoms with Crippen molar-refractivity contribution in [3.63, 3.8) is 0 Å². The minimum atomic E-state index is -1.78. The fraction of sp³-hybridized carbons (Fsp3) is 0.457. The molecule has 8 atom stereocenters. The Kier molecular flexibility index (Phi) is 11.4. The molecular weight excluding hydrogens is 725 g/mol. The second-order valence-electron chi connectivity index (χ2n) is 16.8. The topological polar surface area (TPSA) is 182 Å². The average Bonchev–Trinajstić information content (AvgIpc) is 3.47. The second-order valence-corrected chi connectivity index (χ2v) is 16.8. The zero-order valence-electron chi connectivity index (χ0n) is 32.6. The predicted molar refractivity (Wildman–Crippen MR) is 213 cm³/mol. The van der Waals surface area contributed by atoms with E-state index in [9.17, 15) is 34.2 Å². The number of aliphatic hydroxyl groups is 2. The number of allylic oxidation sites excluding steroid dienone is 4. The van der Waals surface area contributed by atoms with Crippen LogP contribution < -0.4 is 11.1 Å². The molecule has 0 aromatic heterocycles. The Morgan fingerprint density at radius 1 is 0.947 bits per heavy atom. The van der Waals surface area contributed by atoms with Crippen LogP contribution in [0.4, 0.5) is 5.69 Å². The number of Topliss-reactive ketones (excluding diaryl/α,β-unsaturated/α-hetero) is 1. The highest BCUT2D eigenvalue weighted by atomic mass is 16.5. The number of benzene rings is 3. The van der Waals surface area contributed by atoms with Crippen LogP contribution in [0.3, 0.4) is 0 Å². The Morgan fingerprint density at radius 3 is 2.40 bits per heavy atom. The molecule has 1 unspecified atom stereocenters. The van der Waals surface area contributed by atoms with Gasteiger partial charge in [0.1, 0.15) is 12.2 Å². The largest absolute Gasteiger partial charge is 0.461 e. The first-order valence-corrected chi connectivity index (χ1v) is 20.0. The number of nitrogens with one attached hydrogen (secondary N) is 1. The molecule has 1 amide bonds. The molecule has 0 spiro atoms. The van der Waals surface area contributed by atoms with Gasteiger partial charge in [0.25, 0.3) is 0 Å². The summed E-state index contributed by atoms with van der Waals surface area (Å²) < 4.78 is 10.7. The molecule has 57 heavy (non-hydrogen) atoms. The average molecular weight is 777 g/mol. The molecule has 0 heterocycles. The Bertz CT molecular complexity index is 2130. The van der Waals surface area contributed by atoms with Crippen LogP contribution in [0.2, 0.25) is 0 Å². The van der Waals surface area contributed by atoms with Gasteiger partial charge in [0.05, 0.1) is 24.9 Å². The van der Waals surface area contributed by atoms with Crippen molar-refractivity contribution in [2.75, 3.05) is 18.5 Å². The Morgan fingerprint density at radius 2 is 1.67 bits per heavy atom. The van der Waals surface area contributed by atoms with E-state index >= 15 is 0 Å². The van der Waals surface area contributed by atoms with Gasteiger partial charge >= 0.3 is 11.9 Å². The Hall–Kier alpha value is -4.97. The van der Waals surface area contributed by atoms with E-state index in [0.29, 0.717) is 30.6 Å². The number of carbonyl (C=O) groups excluding carboxylic acids is 5. The van der Waals surface area contributed by atoms with Crippen LogP contribution in [0, 0.1) is 28.6 Å². The molecule has 4 aliphatic carbocycles. The fourth-order valence-electron chi connectivity index (χ4n) is 10.5. The summed E-state index contributed by atoms with van der Waals surface area (Å²) in [5.74, 6) is -2.80. The van der Waals surface area contributed by atoms with Crippen LogP contribution in [-0.4, -0.2) is 64.5 Å². The third kappa shape index (κ3) is 7.72. The summed E-state index contributed by atoms with van der Waals surface area (Å²) in [6.07, 6.45) is 6.76. The number of hydrogen-bond acceptors (Lipinski definition) is 10. The molecule has 11 nitrogen and oxygen atoms in total. The smallest absolute Gasteiger partial charge is 0.306 e. The van der Waals surface area contributed by atoms with E-state index in [1.54, 1.807) is 24.3 Å². The number of ether oxygens (including phenoxy) is 2. The van der Waals surface area contributed by atoms with Crippen molar-refractivity contribution in [2.45, 2.75) is 89.4 Å². The van der Waals surface area contributed by atoms with Crippen molar-refractivity contribution in [1.82, 2.24) is 0 Å². The Balaban J connectivity index is 0.871. The maximum Gasteiger partial charge on any atom is 0.306 e. The van der Waals surface area contributed by atoms with E-state index in [4.69, 9.17) is 15.2 Å². The minimum absolute atomic E-state index is 0.0288. The number of amides is 1. The number of carbonyl (C=O) groups is 5. The second kappa shape index (κ2) is 16.1. The summed E-state index contributed by atoms with van der Waals surface area (Å²) >= 11 is 0. The van der Waals surface area contributed by atoms with Gasteiger partial charge in [-0.05, 0) is 103 Å². The molecule has 5 N–H and O–H groups in total. The van der Waals surface area contributed by atoms with Gasteiger partial charge in [-0.15, -0.1) is 0 Å². The van der Waals surface area contributed by atoms with Gasteiger partial charge < -0.3 is 30.7 Å². The maximum atomic E-state index is 13.6. The van der Waals surface area contributed by atoms with Crippen LogP contribution in [-0.2, 0) is 40.1 Å². The van der Waals surface area contributed by atoms with Gasteiger partial charge in [-0.2, -0.15) is 0 Å². The molecule has 0 aliphatic heterocycles. The van der Waals surface area contributed by atoms with Crippen LogP contribution in [0.5, 0.6) is 0 Å². The van der Waals surface area contributed by atoms with Gasteiger partial charge in [-0.3, -0.25) is 24.0 Å². The number of fused-ring (bicyclic) bond motifs is 6. The molecule has 0 radical (unpaired) electrons. The van der Waals surface area contributed by atoms with Crippen LogP contribution >= 0.6 is 0 Å². The summed E-state index contributed by atoms with van der Waals surface area (Å²) in [7, 11) is 0. The number of aliphatic hydroxyl groups excluding tert-OH is 1. The molecule has 0 saturated heterocycles. The predicted octanol–water partition coefficient (Wildman–Crippen LogP) is 5.86. The van der Waals surface area contributed by atoms with Crippen molar-refractivity contribution in [1.29, 1.82) is 0 Å². The van der Waals surface area contributed by atoms with Crippen molar-refractivity contribution in [2.24, 2.45) is 34.3 Å². The lowest BCUT2D eigenvalue weighted by Gasteiger charge is -2.59. The summed E-state index contributed by atoms with van der Waals surface area (Å²) in [5, 5.41) is 28.6. The molecule has 3 fully saturated rings. The first-order valence-electron chi connectivity index (χ1n) is 20.0. The summed E-state index contributed by atoms with van der Waals surface area (Å²) in [5.41, 5.74) is 5.90. The standard InChI is InChI=1S/C46H52N2O9/c1-44-20-17-34(49)24-32(44)12-14-36-37-18-21-46(55,45(37,2)25-38(50)42(36)44)39(51)27-57-41(53)16-15-40(52)56-26-28-7-9-30(10-8-28)35(19-22-47)43(54)48-33-13-11-29-5-3-4-6-31(29)23-33/h3-11,13,17,20,23-24,35-38,42,50,55H,12,14-16,18-19,21-22,25-27,47H2,1-2H3,(H,48,54)/t35?,36-,37-,38-,42+,44-,45-,46-/m0/s1. The number of anilines is 1. The first-order chi connectivity index (χ1) is 27.3. The lowest BCUT2D eigenvalue weighted by molar-refractivity contribution is -0.181. The van der Waals surface area contributed by atoms with Crippen LogP contribution in [0.25, 0.3) is 10.8 Å². The summed E-state index contributed by atoms with van der Waals surface area (Å²) in [4.78, 5) is 64.2. The van der Waals surface area contributed by atoms with Gasteiger partial charge in [0, 0.05) is 22.4 Å². The number of nitrogens with two attached hydrogens (primary N) is 1. The normalized spacial score (nSPS) is 29.4. The molecular formula is C46H52N2O9. The molecule has 7 rings (SSSR count). The van der Waals surface area contributed by atoms with E-state index in [0.717, 1.165) is 34.8 Å². The number of hydrogen-bond donors (Lipinski definition) is 4. The van der Waals surface area contributed by atoms with E-state index in [1.165, 1.54) is 0 Å². The molecule has 3 saturated carbocycles. The molecule has 11 heteroatoms. The van der Waals surface area contributed by atoms with Crippen molar-refractivity contribution < 1.29 is 43.7 Å². The van der Waals surface area contributed by atoms with Crippen LogP contribution in [0.1, 0.15) is 82.3 Å². The summed E-state index contributed by atoms with van der Waals surface area (Å²) in [6.45, 7) is 3.58. The van der Waals surface area contributed by atoms with Gasteiger partial charge in [0.2, 0.25) is 11.7 Å². The molecule has 3 aromatic carbocycles. The molecule has 300 valence electrons. The van der Waals surface area contributed by atoms with Crippen LogP contribution in [0.15, 0.2) is 90.5 Å². The highest BCUT2D eigenvalue weighted by Gasteiger charge is 2.68. The Labute approximate surface area is 332 Å². The van der Waals surface area contributed by atoms with E-state index < -0.39 is 52.8 Å². The quantitative estimate of drug-likeness (QED) is 0.154. The number of rotatable bonds is 13. The third-order valence-electron chi connectivity index (χ3n) is 13.6. The van der Waals surface area contributed by atoms with Crippen molar-refractivity contribution in [3.8, 4) is 0 Å². The number of esters is 2. The van der Waals surface area contributed by atoms with Crippen molar-refractivity contribution in [3.05, 3.63) is 102 Å². The van der Waals surface area contributed by atoms with Gasteiger partial charge in [0.15, 0.2) is 12.4 Å². The number of ketones is 2. The zero-order valence-corrected chi connectivity index (χ0v) is 32.6. The van der Waals surface area contributed by atoms with E-state index in [1.807, 2.05) is 67.6 Å². The first kappa shape index (κ1) is 40.2. The monoisotopic (exact) mass is 776 g/mol.